The number of aliphatic carboxylic acids is 1. The van der Waals surface area contributed by atoms with E-state index in [9.17, 15) is 14.7 Å². The van der Waals surface area contributed by atoms with E-state index < -0.39 is 18.1 Å². The van der Waals surface area contributed by atoms with Crippen LogP contribution in [-0.4, -0.2) is 32.8 Å². The lowest BCUT2D eigenvalue weighted by Crippen LogP contribution is -2.44. The van der Waals surface area contributed by atoms with E-state index in [2.05, 4.69) is 10.4 Å². The monoisotopic (exact) mass is 315 g/mol. The molecule has 2 rings (SSSR count). The zero-order valence-corrected chi connectivity index (χ0v) is 13.1. The second-order valence-electron chi connectivity index (χ2n) is 5.34. The van der Waals surface area contributed by atoms with Crippen molar-refractivity contribution in [1.82, 2.24) is 15.1 Å². The summed E-state index contributed by atoms with van der Waals surface area (Å²) in [4.78, 5) is 24.0. The average molecular weight is 315 g/mol. The number of carbonyl (C=O) groups excluding carboxylic acids is 1. The summed E-state index contributed by atoms with van der Waals surface area (Å²) in [5.74, 6) is -1.39. The third-order valence-corrected chi connectivity index (χ3v) is 3.61. The standard InChI is InChI=1S/C17H21N3O3/c1-2-3-10-14(17(22)23)19-16(21)15(20-12-7-11-18-20)13-8-5-4-6-9-13/h4-9,11-12,14-15H,2-3,10H2,1H3,(H,19,21)(H,22,23)/t14-,15?/m0/s1. The maximum atomic E-state index is 12.7. The number of nitrogens with one attached hydrogen (secondary N) is 1. The second-order valence-corrected chi connectivity index (χ2v) is 5.34. The fraction of sp³-hybridized carbons (Fsp3) is 0.353. The number of amides is 1. The zero-order chi connectivity index (χ0) is 16.7. The van der Waals surface area contributed by atoms with Crippen molar-refractivity contribution >= 4 is 11.9 Å². The Bertz CT molecular complexity index is 626. The second kappa shape index (κ2) is 8.12. The number of unbranched alkanes of at least 4 members (excludes halogenated alkanes) is 1. The number of rotatable bonds is 8. The first-order valence-corrected chi connectivity index (χ1v) is 7.70. The van der Waals surface area contributed by atoms with Crippen LogP contribution >= 0.6 is 0 Å². The predicted molar refractivity (Wildman–Crippen MR) is 85.9 cm³/mol. The van der Waals surface area contributed by atoms with E-state index in [1.165, 1.54) is 4.68 Å². The maximum absolute atomic E-state index is 12.7. The molecule has 1 unspecified atom stereocenters. The fourth-order valence-electron chi connectivity index (χ4n) is 2.41. The molecule has 1 amide bonds. The first-order valence-electron chi connectivity index (χ1n) is 7.70. The normalized spacial score (nSPS) is 13.3. The van der Waals surface area contributed by atoms with Crippen molar-refractivity contribution < 1.29 is 14.7 Å². The third kappa shape index (κ3) is 4.42. The Labute approximate surface area is 135 Å². The van der Waals surface area contributed by atoms with Gasteiger partial charge in [0.2, 0.25) is 5.91 Å². The van der Waals surface area contributed by atoms with Gasteiger partial charge in [0, 0.05) is 12.4 Å². The summed E-state index contributed by atoms with van der Waals surface area (Å²) < 4.78 is 1.53. The molecule has 2 N–H and O–H groups in total. The summed E-state index contributed by atoms with van der Waals surface area (Å²) in [7, 11) is 0. The maximum Gasteiger partial charge on any atom is 0.326 e. The van der Waals surface area contributed by atoms with Crippen LogP contribution in [0.3, 0.4) is 0 Å². The highest BCUT2D eigenvalue weighted by molar-refractivity contribution is 5.88. The minimum absolute atomic E-state index is 0.372. The van der Waals surface area contributed by atoms with Crippen LogP contribution in [0.2, 0.25) is 0 Å². The van der Waals surface area contributed by atoms with Crippen molar-refractivity contribution in [1.29, 1.82) is 0 Å². The predicted octanol–water partition coefficient (Wildman–Crippen LogP) is 2.23. The van der Waals surface area contributed by atoms with Gasteiger partial charge in [-0.2, -0.15) is 5.10 Å². The molecule has 6 nitrogen and oxygen atoms in total. The quantitative estimate of drug-likeness (QED) is 0.782. The van der Waals surface area contributed by atoms with E-state index in [1.807, 2.05) is 37.3 Å². The van der Waals surface area contributed by atoms with Gasteiger partial charge in [-0.25, -0.2) is 4.79 Å². The van der Waals surface area contributed by atoms with Gasteiger partial charge in [0.1, 0.15) is 6.04 Å². The summed E-state index contributed by atoms with van der Waals surface area (Å²) in [6.45, 7) is 1.98. The molecule has 1 aromatic heterocycles. The fourth-order valence-corrected chi connectivity index (χ4v) is 2.41. The van der Waals surface area contributed by atoms with Gasteiger partial charge in [0.25, 0.3) is 0 Å². The molecular formula is C17H21N3O3. The smallest absolute Gasteiger partial charge is 0.326 e. The lowest BCUT2D eigenvalue weighted by Gasteiger charge is -2.21. The summed E-state index contributed by atoms with van der Waals surface area (Å²) in [5.41, 5.74) is 0.758. The van der Waals surface area contributed by atoms with Gasteiger partial charge < -0.3 is 10.4 Å². The highest BCUT2D eigenvalue weighted by atomic mass is 16.4. The lowest BCUT2D eigenvalue weighted by molar-refractivity contribution is -0.142. The number of carboxylic acid groups (broad SMARTS) is 1. The van der Waals surface area contributed by atoms with Gasteiger partial charge in [0.15, 0.2) is 6.04 Å². The first-order chi connectivity index (χ1) is 11.1. The van der Waals surface area contributed by atoms with Crippen molar-refractivity contribution in [3.8, 4) is 0 Å². The van der Waals surface area contributed by atoms with E-state index >= 15 is 0 Å². The molecule has 0 aliphatic heterocycles. The minimum Gasteiger partial charge on any atom is -0.480 e. The molecule has 2 aromatic rings. The van der Waals surface area contributed by atoms with Crippen LogP contribution in [0, 0.1) is 0 Å². The van der Waals surface area contributed by atoms with Gasteiger partial charge in [-0.3, -0.25) is 9.48 Å². The van der Waals surface area contributed by atoms with Gasteiger partial charge in [0.05, 0.1) is 0 Å². The van der Waals surface area contributed by atoms with Crippen LogP contribution < -0.4 is 5.32 Å². The van der Waals surface area contributed by atoms with E-state index in [0.29, 0.717) is 6.42 Å². The van der Waals surface area contributed by atoms with Crippen molar-refractivity contribution in [3.05, 3.63) is 54.4 Å². The molecule has 122 valence electrons. The van der Waals surface area contributed by atoms with E-state index in [0.717, 1.165) is 18.4 Å². The topological polar surface area (TPSA) is 84.2 Å². The molecule has 1 heterocycles. The van der Waals surface area contributed by atoms with Gasteiger partial charge in [-0.05, 0) is 18.1 Å². The largest absolute Gasteiger partial charge is 0.480 e. The molecule has 6 heteroatoms. The summed E-state index contributed by atoms with van der Waals surface area (Å²) in [6.07, 6.45) is 5.32. The Morgan fingerprint density at radius 2 is 2.00 bits per heavy atom. The van der Waals surface area contributed by atoms with Crippen molar-refractivity contribution in [2.24, 2.45) is 0 Å². The Balaban J connectivity index is 2.22. The number of hydrogen-bond acceptors (Lipinski definition) is 3. The molecule has 2 atom stereocenters. The first kappa shape index (κ1) is 16.7. The number of nitrogens with zero attached hydrogens (tertiary/aromatic N) is 2. The molecule has 0 fully saturated rings. The molecule has 23 heavy (non-hydrogen) atoms. The molecule has 0 saturated carbocycles. The van der Waals surface area contributed by atoms with Crippen LogP contribution in [0.4, 0.5) is 0 Å². The number of carboxylic acids is 1. The van der Waals surface area contributed by atoms with Crippen molar-refractivity contribution in [2.45, 2.75) is 38.3 Å². The molecule has 0 aliphatic carbocycles. The van der Waals surface area contributed by atoms with E-state index in [1.54, 1.807) is 18.5 Å². The number of benzene rings is 1. The number of aromatic nitrogens is 2. The van der Waals surface area contributed by atoms with Gasteiger partial charge in [-0.15, -0.1) is 0 Å². The highest BCUT2D eigenvalue weighted by Gasteiger charge is 2.27. The molecule has 0 radical (unpaired) electrons. The Kier molecular flexibility index (Phi) is 5.91. The molecule has 0 aliphatic rings. The zero-order valence-electron chi connectivity index (χ0n) is 13.1. The Morgan fingerprint density at radius 1 is 1.26 bits per heavy atom. The van der Waals surface area contributed by atoms with Gasteiger partial charge >= 0.3 is 5.97 Å². The van der Waals surface area contributed by atoms with E-state index in [-0.39, 0.29) is 5.91 Å². The van der Waals surface area contributed by atoms with Crippen molar-refractivity contribution in [2.75, 3.05) is 0 Å². The molecule has 0 bridgehead atoms. The van der Waals surface area contributed by atoms with Crippen LogP contribution in [0.25, 0.3) is 0 Å². The Morgan fingerprint density at radius 3 is 2.57 bits per heavy atom. The van der Waals surface area contributed by atoms with Crippen LogP contribution in [0.1, 0.15) is 37.8 Å². The third-order valence-electron chi connectivity index (χ3n) is 3.61. The lowest BCUT2D eigenvalue weighted by atomic mass is 10.0. The Hall–Kier alpha value is -2.63. The summed E-state index contributed by atoms with van der Waals surface area (Å²) in [6, 6.07) is 9.36. The molecule has 0 saturated heterocycles. The van der Waals surface area contributed by atoms with Crippen LogP contribution in [0.15, 0.2) is 48.8 Å². The minimum atomic E-state index is -1.01. The summed E-state index contributed by atoms with van der Waals surface area (Å²) >= 11 is 0. The van der Waals surface area contributed by atoms with Crippen LogP contribution in [-0.2, 0) is 9.59 Å². The SMILES string of the molecule is CCCC[C@H](NC(=O)C(c1ccccc1)n1cccn1)C(=O)O. The number of hydrogen-bond donors (Lipinski definition) is 2. The van der Waals surface area contributed by atoms with Crippen molar-refractivity contribution in [3.63, 3.8) is 0 Å². The van der Waals surface area contributed by atoms with Crippen LogP contribution in [0.5, 0.6) is 0 Å². The van der Waals surface area contributed by atoms with Gasteiger partial charge in [-0.1, -0.05) is 50.1 Å². The molecule has 1 aromatic carbocycles. The number of carbonyl (C=O) groups is 2. The highest BCUT2D eigenvalue weighted by Crippen LogP contribution is 2.18. The molecular weight excluding hydrogens is 294 g/mol. The summed E-state index contributed by atoms with van der Waals surface area (Å²) in [5, 5.41) is 16.1. The molecule has 0 spiro atoms. The average Bonchev–Trinajstić information content (AvgIpc) is 3.06. The van der Waals surface area contributed by atoms with E-state index in [4.69, 9.17) is 0 Å².